The maximum Gasteiger partial charge on any atom is 0.274 e. The van der Waals surface area contributed by atoms with Gasteiger partial charge in [0, 0.05) is 29.5 Å². The third-order valence-electron chi connectivity index (χ3n) is 4.06. The van der Waals surface area contributed by atoms with Crippen LogP contribution in [0, 0.1) is 11.3 Å². The Morgan fingerprint density at radius 1 is 1.26 bits per heavy atom. The van der Waals surface area contributed by atoms with Crippen LogP contribution < -0.4 is 0 Å². The highest BCUT2D eigenvalue weighted by atomic mass is 79.9. The first-order valence-corrected chi connectivity index (χ1v) is 7.98. The molecule has 114 valence electrons. The topological polar surface area (TPSA) is 66.3 Å². The van der Waals surface area contributed by atoms with Gasteiger partial charge in [-0.15, -0.1) is 0 Å². The molecule has 1 aliphatic rings. The van der Waals surface area contributed by atoms with E-state index in [1.165, 1.54) is 0 Å². The van der Waals surface area contributed by atoms with E-state index in [1.807, 2.05) is 29.0 Å². The Balaban J connectivity index is 1.62. The van der Waals surface area contributed by atoms with Crippen LogP contribution in [0.15, 0.2) is 41.0 Å². The third-order valence-corrected chi connectivity index (χ3v) is 4.53. The molecule has 0 aromatic carbocycles. The lowest BCUT2D eigenvalue weighted by Gasteiger charge is -2.28. The summed E-state index contributed by atoms with van der Waals surface area (Å²) in [6, 6.07) is 11.5. The van der Waals surface area contributed by atoms with Crippen molar-refractivity contribution < 1.29 is 4.79 Å². The van der Waals surface area contributed by atoms with E-state index in [2.05, 4.69) is 27.1 Å². The quantitative estimate of drug-likeness (QED) is 0.661. The summed E-state index contributed by atoms with van der Waals surface area (Å²) in [5, 5.41) is 13.4. The van der Waals surface area contributed by atoms with Gasteiger partial charge in [0.05, 0.1) is 12.1 Å². The molecule has 0 bridgehead atoms. The van der Waals surface area contributed by atoms with Gasteiger partial charge in [0.2, 0.25) is 0 Å². The van der Waals surface area contributed by atoms with E-state index in [4.69, 9.17) is 5.26 Å². The molecular weight excluding hydrogens is 358 g/mol. The van der Waals surface area contributed by atoms with Gasteiger partial charge in [0.25, 0.3) is 5.91 Å². The first-order chi connectivity index (χ1) is 11.2. The zero-order valence-electron chi connectivity index (χ0n) is 12.1. The number of aromatic nitrogens is 3. The molecule has 0 unspecified atom stereocenters. The van der Waals surface area contributed by atoms with E-state index in [0.29, 0.717) is 31.0 Å². The molecule has 23 heavy (non-hydrogen) atoms. The van der Waals surface area contributed by atoms with Crippen LogP contribution in [0.5, 0.6) is 0 Å². The van der Waals surface area contributed by atoms with Crippen molar-refractivity contribution in [2.45, 2.75) is 13.1 Å². The Kier molecular flexibility index (Phi) is 3.20. The third kappa shape index (κ3) is 2.32. The van der Waals surface area contributed by atoms with Gasteiger partial charge in [-0.05, 0) is 46.3 Å². The van der Waals surface area contributed by atoms with Crippen LogP contribution in [0.25, 0.3) is 5.52 Å². The van der Waals surface area contributed by atoms with Crippen molar-refractivity contribution in [2.75, 3.05) is 6.54 Å². The first kappa shape index (κ1) is 14.0. The highest BCUT2D eigenvalue weighted by Crippen LogP contribution is 2.19. The number of hydrogen-bond acceptors (Lipinski definition) is 3. The summed E-state index contributed by atoms with van der Waals surface area (Å²) in [7, 11) is 0. The number of carbonyl (C=O) groups is 1. The van der Waals surface area contributed by atoms with Gasteiger partial charge in [0.15, 0.2) is 5.69 Å². The standard InChI is InChI=1S/C16H12BrN5O/c17-11-1-2-12-7-15(19-22(12)9-11)16(23)20-5-6-21-13(8-18)3-4-14(21)10-20/h1-4,7,9H,5-6,10H2. The summed E-state index contributed by atoms with van der Waals surface area (Å²) >= 11 is 3.40. The van der Waals surface area contributed by atoms with E-state index in [9.17, 15) is 4.79 Å². The van der Waals surface area contributed by atoms with Crippen molar-refractivity contribution in [3.63, 3.8) is 0 Å². The monoisotopic (exact) mass is 369 g/mol. The van der Waals surface area contributed by atoms with Crippen LogP contribution in [0.2, 0.25) is 0 Å². The van der Waals surface area contributed by atoms with Gasteiger partial charge in [-0.3, -0.25) is 4.79 Å². The molecule has 0 radical (unpaired) electrons. The van der Waals surface area contributed by atoms with Gasteiger partial charge >= 0.3 is 0 Å². The molecule has 4 rings (SSSR count). The average molecular weight is 370 g/mol. The number of rotatable bonds is 1. The summed E-state index contributed by atoms with van der Waals surface area (Å²) in [6.07, 6.45) is 1.83. The van der Waals surface area contributed by atoms with Crippen molar-refractivity contribution in [3.8, 4) is 6.07 Å². The molecule has 0 saturated carbocycles. The SMILES string of the molecule is N#Cc1ccc2n1CCN(C(=O)c1cc3ccc(Br)cn3n1)C2. The van der Waals surface area contributed by atoms with Crippen molar-refractivity contribution >= 4 is 27.4 Å². The van der Waals surface area contributed by atoms with E-state index in [-0.39, 0.29) is 5.91 Å². The Bertz CT molecular complexity index is 965. The zero-order valence-corrected chi connectivity index (χ0v) is 13.7. The summed E-state index contributed by atoms with van der Waals surface area (Å²) in [5.74, 6) is -0.0872. The van der Waals surface area contributed by atoms with Crippen LogP contribution in [0.3, 0.4) is 0 Å². The van der Waals surface area contributed by atoms with E-state index >= 15 is 0 Å². The second-order valence-corrected chi connectivity index (χ2v) is 6.36. The van der Waals surface area contributed by atoms with Crippen molar-refractivity contribution in [3.05, 3.63) is 58.1 Å². The fourth-order valence-electron chi connectivity index (χ4n) is 2.91. The van der Waals surface area contributed by atoms with Gasteiger partial charge < -0.3 is 9.47 Å². The summed E-state index contributed by atoms with van der Waals surface area (Å²) < 4.78 is 4.56. The minimum atomic E-state index is -0.0872. The molecule has 0 spiro atoms. The highest BCUT2D eigenvalue weighted by molar-refractivity contribution is 9.10. The number of carbonyl (C=O) groups excluding carboxylic acids is 1. The van der Waals surface area contributed by atoms with Gasteiger partial charge in [0.1, 0.15) is 11.8 Å². The highest BCUT2D eigenvalue weighted by Gasteiger charge is 2.24. The van der Waals surface area contributed by atoms with Crippen LogP contribution >= 0.6 is 15.9 Å². The van der Waals surface area contributed by atoms with Crippen LogP contribution in [0.4, 0.5) is 0 Å². The summed E-state index contributed by atoms with van der Waals surface area (Å²) in [6.45, 7) is 1.71. The minimum Gasteiger partial charge on any atom is -0.333 e. The fourth-order valence-corrected chi connectivity index (χ4v) is 3.23. The molecule has 1 aliphatic heterocycles. The number of pyridine rings is 1. The number of nitriles is 1. The molecule has 6 nitrogen and oxygen atoms in total. The number of hydrogen-bond donors (Lipinski definition) is 0. The second-order valence-electron chi connectivity index (χ2n) is 5.45. The number of fused-ring (bicyclic) bond motifs is 2. The molecule has 0 fully saturated rings. The Morgan fingerprint density at radius 3 is 2.96 bits per heavy atom. The van der Waals surface area contributed by atoms with Gasteiger partial charge in [-0.25, -0.2) is 4.52 Å². The Hall–Kier alpha value is -2.59. The molecule has 7 heteroatoms. The molecule has 0 aliphatic carbocycles. The van der Waals surface area contributed by atoms with Crippen molar-refractivity contribution in [1.82, 2.24) is 19.1 Å². The lowest BCUT2D eigenvalue weighted by Crippen LogP contribution is -2.38. The van der Waals surface area contributed by atoms with Crippen LogP contribution in [0.1, 0.15) is 21.9 Å². The predicted octanol–water partition coefficient (Wildman–Crippen LogP) is 2.43. The second kappa shape index (κ2) is 5.25. The molecule has 0 atom stereocenters. The number of halogens is 1. The molecule has 3 aromatic rings. The molecule has 3 aromatic heterocycles. The number of nitrogens with zero attached hydrogens (tertiary/aromatic N) is 5. The Morgan fingerprint density at radius 2 is 2.13 bits per heavy atom. The van der Waals surface area contributed by atoms with E-state index in [0.717, 1.165) is 15.7 Å². The molecule has 1 amide bonds. The van der Waals surface area contributed by atoms with Crippen LogP contribution in [-0.4, -0.2) is 31.5 Å². The van der Waals surface area contributed by atoms with Crippen LogP contribution in [-0.2, 0) is 13.1 Å². The van der Waals surface area contributed by atoms with Gasteiger partial charge in [-0.1, -0.05) is 0 Å². The maximum atomic E-state index is 12.7. The Labute approximate surface area is 140 Å². The molecule has 4 heterocycles. The average Bonchev–Trinajstić information content (AvgIpc) is 3.16. The lowest BCUT2D eigenvalue weighted by molar-refractivity contribution is 0.0704. The smallest absolute Gasteiger partial charge is 0.274 e. The zero-order chi connectivity index (χ0) is 16.0. The normalized spacial score (nSPS) is 13.8. The summed E-state index contributed by atoms with van der Waals surface area (Å²) in [5.41, 5.74) is 2.93. The van der Waals surface area contributed by atoms with Crippen molar-refractivity contribution in [2.24, 2.45) is 0 Å². The fraction of sp³-hybridized carbons (Fsp3) is 0.188. The maximum absolute atomic E-state index is 12.7. The molecular formula is C16H12BrN5O. The minimum absolute atomic E-state index is 0.0872. The summed E-state index contributed by atoms with van der Waals surface area (Å²) in [4.78, 5) is 14.5. The molecule has 0 saturated heterocycles. The van der Waals surface area contributed by atoms with Gasteiger partial charge in [-0.2, -0.15) is 10.4 Å². The van der Waals surface area contributed by atoms with E-state index < -0.39 is 0 Å². The predicted molar refractivity (Wildman–Crippen MR) is 86.8 cm³/mol. The molecule has 0 N–H and O–H groups in total. The lowest BCUT2D eigenvalue weighted by atomic mass is 10.2. The van der Waals surface area contributed by atoms with Crippen molar-refractivity contribution in [1.29, 1.82) is 5.26 Å². The first-order valence-electron chi connectivity index (χ1n) is 7.18. The van der Waals surface area contributed by atoms with E-state index in [1.54, 1.807) is 21.5 Å². The number of amides is 1. The largest absolute Gasteiger partial charge is 0.333 e.